The molecule has 0 unspecified atom stereocenters. The molecule has 1 heterocycles. The maximum atomic E-state index is 8.78. The van der Waals surface area contributed by atoms with Crippen molar-refractivity contribution in [1.82, 2.24) is 4.57 Å². The van der Waals surface area contributed by atoms with Gasteiger partial charge in [-0.3, -0.25) is 0 Å². The maximum Gasteiger partial charge on any atom is 0.170 e. The van der Waals surface area contributed by atoms with E-state index in [2.05, 4.69) is 28.9 Å². The third-order valence-electron chi connectivity index (χ3n) is 2.88. The third-order valence-corrected chi connectivity index (χ3v) is 3.76. The summed E-state index contributed by atoms with van der Waals surface area (Å²) in [5.74, 6) is 2.38. The molecule has 0 spiro atoms. The van der Waals surface area contributed by atoms with Crippen LogP contribution < -0.4 is 5.73 Å². The molecule has 0 amide bonds. The highest BCUT2D eigenvalue weighted by Crippen LogP contribution is 2.20. The minimum atomic E-state index is 0.154. The summed E-state index contributed by atoms with van der Waals surface area (Å²) in [5, 5.41) is 12.9. The lowest BCUT2D eigenvalue weighted by Gasteiger charge is -2.06. The monoisotopic (exact) mass is 263 g/mol. The largest absolute Gasteiger partial charge is 0.409 e. The van der Waals surface area contributed by atoms with Gasteiger partial charge in [0.05, 0.1) is 0 Å². The van der Waals surface area contributed by atoms with Crippen molar-refractivity contribution >= 4 is 28.5 Å². The molecule has 1 aromatic heterocycles. The van der Waals surface area contributed by atoms with Crippen LogP contribution in [0.15, 0.2) is 35.6 Å². The number of hydrogen-bond donors (Lipinski definition) is 2. The molecular weight excluding hydrogens is 246 g/mol. The molecule has 18 heavy (non-hydrogen) atoms. The van der Waals surface area contributed by atoms with Gasteiger partial charge in [0.15, 0.2) is 5.84 Å². The number of nitrogens with zero attached hydrogens (tertiary/aromatic N) is 2. The predicted octanol–water partition coefficient (Wildman–Crippen LogP) is 2.49. The summed E-state index contributed by atoms with van der Waals surface area (Å²) in [5.41, 5.74) is 7.57. The van der Waals surface area contributed by atoms with Crippen LogP contribution >= 0.6 is 11.8 Å². The van der Waals surface area contributed by atoms with E-state index in [1.165, 1.54) is 0 Å². The molecule has 2 aromatic rings. The minimum Gasteiger partial charge on any atom is -0.409 e. The predicted molar refractivity (Wildman–Crippen MR) is 77.4 cm³/mol. The number of amidine groups is 1. The summed E-state index contributed by atoms with van der Waals surface area (Å²) in [7, 11) is 0. The van der Waals surface area contributed by atoms with Crippen LogP contribution in [0.5, 0.6) is 0 Å². The van der Waals surface area contributed by atoms with E-state index in [9.17, 15) is 0 Å². The van der Waals surface area contributed by atoms with E-state index >= 15 is 0 Å². The number of thioether (sulfide) groups is 1. The fraction of sp³-hybridized carbons (Fsp3) is 0.308. The van der Waals surface area contributed by atoms with Crippen molar-refractivity contribution in [3.8, 4) is 0 Å². The van der Waals surface area contributed by atoms with Crippen LogP contribution in [0.4, 0.5) is 0 Å². The van der Waals surface area contributed by atoms with E-state index in [-0.39, 0.29) is 5.84 Å². The van der Waals surface area contributed by atoms with Gasteiger partial charge < -0.3 is 15.5 Å². The van der Waals surface area contributed by atoms with Gasteiger partial charge >= 0.3 is 0 Å². The zero-order chi connectivity index (χ0) is 13.0. The van der Waals surface area contributed by atoms with Crippen LogP contribution in [-0.4, -0.2) is 27.1 Å². The molecule has 0 saturated carbocycles. The Balaban J connectivity index is 2.36. The Hall–Kier alpha value is -1.62. The summed E-state index contributed by atoms with van der Waals surface area (Å²) in [6.07, 6.45) is 2.05. The first kappa shape index (κ1) is 12.8. The van der Waals surface area contributed by atoms with Crippen molar-refractivity contribution in [2.24, 2.45) is 10.9 Å². The lowest BCUT2D eigenvalue weighted by molar-refractivity contribution is 0.318. The summed E-state index contributed by atoms with van der Waals surface area (Å²) in [4.78, 5) is 0. The molecule has 2 rings (SSSR count). The van der Waals surface area contributed by atoms with Crippen molar-refractivity contribution in [1.29, 1.82) is 0 Å². The van der Waals surface area contributed by atoms with E-state index in [4.69, 9.17) is 10.9 Å². The molecule has 0 fully saturated rings. The molecule has 96 valence electrons. The molecule has 0 aliphatic carbocycles. The van der Waals surface area contributed by atoms with E-state index < -0.39 is 0 Å². The van der Waals surface area contributed by atoms with Crippen molar-refractivity contribution in [3.63, 3.8) is 0 Å². The smallest absolute Gasteiger partial charge is 0.170 e. The van der Waals surface area contributed by atoms with Crippen LogP contribution in [0.3, 0.4) is 0 Å². The van der Waals surface area contributed by atoms with Gasteiger partial charge in [0.2, 0.25) is 0 Å². The van der Waals surface area contributed by atoms with Crippen molar-refractivity contribution in [3.05, 3.63) is 36.0 Å². The number of benzene rings is 1. The number of fused-ring (bicyclic) bond motifs is 1. The fourth-order valence-electron chi connectivity index (χ4n) is 2.00. The summed E-state index contributed by atoms with van der Waals surface area (Å²) in [6.45, 7) is 3.14. The van der Waals surface area contributed by atoms with Gasteiger partial charge in [-0.25, -0.2) is 0 Å². The Morgan fingerprint density at radius 3 is 3.00 bits per heavy atom. The molecule has 0 radical (unpaired) electrons. The zero-order valence-electron chi connectivity index (χ0n) is 10.3. The first-order chi connectivity index (χ1) is 8.77. The Morgan fingerprint density at radius 2 is 2.28 bits per heavy atom. The highest BCUT2D eigenvalue weighted by Gasteiger charge is 2.08. The lowest BCUT2D eigenvalue weighted by atomic mass is 10.1. The number of aromatic nitrogens is 1. The molecular formula is C13H17N3OS. The Morgan fingerprint density at radius 1 is 1.44 bits per heavy atom. The molecule has 0 aliphatic heterocycles. The second-order valence-corrected chi connectivity index (χ2v) is 5.32. The van der Waals surface area contributed by atoms with Crippen LogP contribution in [-0.2, 0) is 6.54 Å². The SMILES string of the molecule is CCSCCn1ccc2c(/C(N)=N/O)cccc21. The normalized spacial score (nSPS) is 12.2. The number of oxime groups is 1. The highest BCUT2D eigenvalue weighted by atomic mass is 32.2. The first-order valence-corrected chi connectivity index (χ1v) is 7.07. The Labute approximate surface area is 110 Å². The molecule has 5 heteroatoms. The van der Waals surface area contributed by atoms with Crippen molar-refractivity contribution in [2.45, 2.75) is 13.5 Å². The Kier molecular flexibility index (Phi) is 4.15. The summed E-state index contributed by atoms with van der Waals surface area (Å²) >= 11 is 1.92. The van der Waals surface area contributed by atoms with E-state index in [0.29, 0.717) is 0 Å². The molecule has 0 aliphatic rings. The minimum absolute atomic E-state index is 0.154. The standard InChI is InChI=1S/C13H17N3OS/c1-2-18-9-8-16-7-6-10-11(13(14)15-17)4-3-5-12(10)16/h3-7,17H,2,8-9H2,1H3,(H2,14,15). The second-order valence-electron chi connectivity index (χ2n) is 3.93. The molecule has 1 aromatic carbocycles. The number of aryl methyl sites for hydroxylation is 1. The Bertz CT molecular complexity index is 562. The van der Waals surface area contributed by atoms with Gasteiger partial charge in [-0.1, -0.05) is 24.2 Å². The second kappa shape index (κ2) is 5.82. The number of hydrogen-bond acceptors (Lipinski definition) is 3. The van der Waals surface area contributed by atoms with E-state index in [0.717, 1.165) is 34.5 Å². The summed E-state index contributed by atoms with van der Waals surface area (Å²) < 4.78 is 2.20. The van der Waals surface area contributed by atoms with Crippen LogP contribution in [0.1, 0.15) is 12.5 Å². The molecule has 4 nitrogen and oxygen atoms in total. The van der Waals surface area contributed by atoms with Crippen LogP contribution in [0.2, 0.25) is 0 Å². The average Bonchev–Trinajstić information content (AvgIpc) is 2.81. The topological polar surface area (TPSA) is 63.5 Å². The van der Waals surface area contributed by atoms with Gasteiger partial charge in [0.1, 0.15) is 0 Å². The van der Waals surface area contributed by atoms with Gasteiger partial charge in [-0.15, -0.1) is 0 Å². The van der Waals surface area contributed by atoms with Gasteiger partial charge in [0, 0.05) is 35.0 Å². The van der Waals surface area contributed by atoms with Gasteiger partial charge in [-0.05, 0) is 17.9 Å². The highest BCUT2D eigenvalue weighted by molar-refractivity contribution is 7.99. The zero-order valence-corrected chi connectivity index (χ0v) is 11.2. The van der Waals surface area contributed by atoms with Crippen molar-refractivity contribution < 1.29 is 5.21 Å². The summed E-state index contributed by atoms with van der Waals surface area (Å²) in [6, 6.07) is 7.86. The molecule has 0 bridgehead atoms. The lowest BCUT2D eigenvalue weighted by Crippen LogP contribution is -2.13. The molecule has 3 N–H and O–H groups in total. The van der Waals surface area contributed by atoms with Gasteiger partial charge in [-0.2, -0.15) is 11.8 Å². The van der Waals surface area contributed by atoms with Crippen LogP contribution in [0, 0.1) is 0 Å². The quantitative estimate of drug-likeness (QED) is 0.286. The van der Waals surface area contributed by atoms with Crippen molar-refractivity contribution in [2.75, 3.05) is 11.5 Å². The van der Waals surface area contributed by atoms with Gasteiger partial charge in [0.25, 0.3) is 0 Å². The number of rotatable bonds is 5. The molecule has 0 atom stereocenters. The average molecular weight is 263 g/mol. The van der Waals surface area contributed by atoms with E-state index in [1.807, 2.05) is 30.0 Å². The number of nitrogens with two attached hydrogens (primary N) is 1. The first-order valence-electron chi connectivity index (χ1n) is 5.91. The van der Waals surface area contributed by atoms with E-state index in [1.54, 1.807) is 0 Å². The van der Waals surface area contributed by atoms with Crippen LogP contribution in [0.25, 0.3) is 10.9 Å². The fourth-order valence-corrected chi connectivity index (χ4v) is 2.62. The molecule has 0 saturated heterocycles. The third kappa shape index (κ3) is 2.46. The maximum absolute atomic E-state index is 8.78.